The van der Waals surface area contributed by atoms with E-state index in [2.05, 4.69) is 11.4 Å². The van der Waals surface area contributed by atoms with Gasteiger partial charge >= 0.3 is 5.97 Å². The molecule has 0 amide bonds. The van der Waals surface area contributed by atoms with Gasteiger partial charge in [0.25, 0.3) is 0 Å². The second-order valence-electron chi connectivity index (χ2n) is 4.15. The summed E-state index contributed by atoms with van der Waals surface area (Å²) in [4.78, 5) is 11.2. The third kappa shape index (κ3) is 2.45. The molecule has 1 aliphatic heterocycles. The fourth-order valence-corrected chi connectivity index (χ4v) is 3.57. The molecule has 0 spiro atoms. The van der Waals surface area contributed by atoms with Crippen LogP contribution in [0.15, 0.2) is 18.2 Å². The minimum atomic E-state index is -0.859. The van der Waals surface area contributed by atoms with Crippen molar-refractivity contribution >= 4 is 34.3 Å². The van der Waals surface area contributed by atoms with Gasteiger partial charge in [0.05, 0.1) is 5.25 Å². The first-order valence-corrected chi connectivity index (χ1v) is 6.55. The van der Waals surface area contributed by atoms with E-state index in [1.54, 1.807) is 0 Å². The summed E-state index contributed by atoms with van der Waals surface area (Å²) >= 11 is 6.46. The molecule has 2 N–H and O–H groups in total. The molecule has 3 nitrogen and oxygen atoms in total. The van der Waals surface area contributed by atoms with Crippen molar-refractivity contribution in [1.82, 2.24) is 5.32 Å². The average molecular weight is 267 g/mol. The molecule has 2 atom stereocenters. The van der Waals surface area contributed by atoms with E-state index >= 15 is 0 Å². The van der Waals surface area contributed by atoms with Crippen molar-refractivity contribution in [3.05, 3.63) is 34.9 Å². The van der Waals surface area contributed by atoms with Crippen LogP contribution in [0.1, 0.15) is 21.9 Å². The molecule has 90 valence electrons. The summed E-state index contributed by atoms with van der Waals surface area (Å²) in [6, 6.07) is 5.43. The van der Waals surface area contributed by atoms with Gasteiger partial charge in [0.1, 0.15) is 10.4 Å². The standard InChI is InChI=1S/C12H13NO2S2/c1-6-3-4-8(7(2)5-6)10-9(11(14)15)13-12(16)17-10/h3-5,9-10H,1-2H3,(H,13,16)(H,14,15). The third-order valence-corrected chi connectivity index (χ3v) is 4.33. The maximum absolute atomic E-state index is 11.2. The maximum atomic E-state index is 11.2. The molecule has 1 aromatic carbocycles. The van der Waals surface area contributed by atoms with E-state index in [1.165, 1.54) is 17.3 Å². The Hall–Kier alpha value is -1.07. The predicted octanol–water partition coefficient (Wildman–Crippen LogP) is 2.42. The van der Waals surface area contributed by atoms with Crippen molar-refractivity contribution in [3.63, 3.8) is 0 Å². The van der Waals surface area contributed by atoms with E-state index in [0.29, 0.717) is 4.32 Å². The lowest BCUT2D eigenvalue weighted by molar-refractivity contribution is -0.138. The van der Waals surface area contributed by atoms with Crippen molar-refractivity contribution in [2.75, 3.05) is 0 Å². The van der Waals surface area contributed by atoms with Crippen molar-refractivity contribution in [2.24, 2.45) is 0 Å². The molecule has 1 fully saturated rings. The topological polar surface area (TPSA) is 49.3 Å². The number of aryl methyl sites for hydroxylation is 2. The molecule has 0 saturated carbocycles. The lowest BCUT2D eigenvalue weighted by Gasteiger charge is -2.16. The molecule has 0 aromatic heterocycles. The molecule has 0 bridgehead atoms. The maximum Gasteiger partial charge on any atom is 0.327 e. The number of carboxylic acids is 1. The Morgan fingerprint density at radius 1 is 1.47 bits per heavy atom. The van der Waals surface area contributed by atoms with Crippen LogP contribution >= 0.6 is 24.0 Å². The first-order chi connectivity index (χ1) is 7.99. The summed E-state index contributed by atoms with van der Waals surface area (Å²) in [6.45, 7) is 4.03. The van der Waals surface area contributed by atoms with E-state index in [-0.39, 0.29) is 5.25 Å². The highest BCUT2D eigenvalue weighted by atomic mass is 32.2. The number of hydrogen-bond donors (Lipinski definition) is 2. The second kappa shape index (κ2) is 4.66. The Morgan fingerprint density at radius 2 is 2.18 bits per heavy atom. The zero-order valence-electron chi connectivity index (χ0n) is 9.56. The van der Waals surface area contributed by atoms with Gasteiger partial charge in [-0.2, -0.15) is 0 Å². The predicted molar refractivity (Wildman–Crippen MR) is 73.4 cm³/mol. The minimum absolute atomic E-state index is 0.138. The van der Waals surface area contributed by atoms with Gasteiger partial charge in [0, 0.05) is 0 Å². The van der Waals surface area contributed by atoms with Crippen LogP contribution in [0, 0.1) is 13.8 Å². The van der Waals surface area contributed by atoms with Crippen LogP contribution in [0.3, 0.4) is 0 Å². The number of thiocarbonyl (C=S) groups is 1. The number of nitrogens with one attached hydrogen (secondary N) is 1. The van der Waals surface area contributed by atoms with E-state index in [1.807, 2.05) is 26.0 Å². The second-order valence-corrected chi connectivity index (χ2v) is 5.96. The van der Waals surface area contributed by atoms with Gasteiger partial charge in [0.2, 0.25) is 0 Å². The number of rotatable bonds is 2. The normalized spacial score (nSPS) is 23.5. The number of hydrogen-bond acceptors (Lipinski definition) is 3. The van der Waals surface area contributed by atoms with E-state index in [0.717, 1.165) is 11.1 Å². The molecule has 0 radical (unpaired) electrons. The summed E-state index contributed by atoms with van der Waals surface area (Å²) < 4.78 is 0.558. The van der Waals surface area contributed by atoms with Crippen molar-refractivity contribution in [1.29, 1.82) is 0 Å². The number of benzene rings is 1. The Kier molecular flexibility index (Phi) is 3.40. The molecular weight excluding hydrogens is 254 g/mol. The van der Waals surface area contributed by atoms with Crippen molar-refractivity contribution in [2.45, 2.75) is 25.1 Å². The SMILES string of the molecule is Cc1ccc(C2SC(=S)NC2C(=O)O)c(C)c1. The highest BCUT2D eigenvalue weighted by molar-refractivity contribution is 8.23. The number of carbonyl (C=O) groups is 1. The van der Waals surface area contributed by atoms with Gasteiger partial charge in [-0.25, -0.2) is 4.79 Å². The van der Waals surface area contributed by atoms with Crippen LogP contribution in [0.5, 0.6) is 0 Å². The lowest BCUT2D eigenvalue weighted by atomic mass is 9.99. The molecule has 1 heterocycles. The van der Waals surface area contributed by atoms with Crippen molar-refractivity contribution in [3.8, 4) is 0 Å². The van der Waals surface area contributed by atoms with Gasteiger partial charge in [-0.1, -0.05) is 47.7 Å². The van der Waals surface area contributed by atoms with Gasteiger partial charge in [-0.05, 0) is 25.0 Å². The molecule has 17 heavy (non-hydrogen) atoms. The summed E-state index contributed by atoms with van der Waals surface area (Å²) in [5, 5.41) is 11.9. The van der Waals surface area contributed by atoms with Gasteiger partial charge < -0.3 is 10.4 Å². The largest absolute Gasteiger partial charge is 0.480 e. The average Bonchev–Trinajstić information content (AvgIpc) is 2.60. The van der Waals surface area contributed by atoms with E-state index in [9.17, 15) is 9.90 Å². The molecule has 5 heteroatoms. The van der Waals surface area contributed by atoms with Crippen molar-refractivity contribution < 1.29 is 9.90 Å². The quantitative estimate of drug-likeness (QED) is 0.806. The molecular formula is C12H13NO2S2. The minimum Gasteiger partial charge on any atom is -0.480 e. The van der Waals surface area contributed by atoms with E-state index < -0.39 is 12.0 Å². The van der Waals surface area contributed by atoms with Crippen LogP contribution in [-0.2, 0) is 4.79 Å². The fourth-order valence-electron chi connectivity index (χ4n) is 2.00. The molecule has 1 aliphatic rings. The van der Waals surface area contributed by atoms with Gasteiger partial charge in [-0.3, -0.25) is 0 Å². The van der Waals surface area contributed by atoms with Crippen LogP contribution < -0.4 is 5.32 Å². The number of aliphatic carboxylic acids is 1. The van der Waals surface area contributed by atoms with Crippen LogP contribution in [0.25, 0.3) is 0 Å². The molecule has 0 aliphatic carbocycles. The first-order valence-electron chi connectivity index (χ1n) is 5.26. The van der Waals surface area contributed by atoms with Crippen LogP contribution in [0.4, 0.5) is 0 Å². The summed E-state index contributed by atoms with van der Waals surface area (Å²) in [5.74, 6) is -0.859. The summed E-state index contributed by atoms with van der Waals surface area (Å²) in [5.41, 5.74) is 3.33. The Labute approximate surface area is 110 Å². The highest BCUT2D eigenvalue weighted by Gasteiger charge is 2.37. The fraction of sp³-hybridized carbons (Fsp3) is 0.333. The Bertz CT molecular complexity index is 487. The summed E-state index contributed by atoms with van der Waals surface area (Å²) in [6.07, 6.45) is 0. The Morgan fingerprint density at radius 3 is 2.76 bits per heavy atom. The van der Waals surface area contributed by atoms with Crippen LogP contribution in [0.2, 0.25) is 0 Å². The molecule has 2 unspecified atom stereocenters. The molecule has 1 saturated heterocycles. The van der Waals surface area contributed by atoms with E-state index in [4.69, 9.17) is 12.2 Å². The first kappa shape index (κ1) is 12.4. The summed E-state index contributed by atoms with van der Waals surface area (Å²) in [7, 11) is 0. The number of carboxylic acid groups (broad SMARTS) is 1. The third-order valence-electron chi connectivity index (χ3n) is 2.81. The zero-order valence-corrected chi connectivity index (χ0v) is 11.2. The number of thioether (sulfide) groups is 1. The molecule has 1 aromatic rings. The van der Waals surface area contributed by atoms with Gasteiger partial charge in [0.15, 0.2) is 0 Å². The van der Waals surface area contributed by atoms with Gasteiger partial charge in [-0.15, -0.1) is 0 Å². The smallest absolute Gasteiger partial charge is 0.327 e. The monoisotopic (exact) mass is 267 g/mol. The highest BCUT2D eigenvalue weighted by Crippen LogP contribution is 2.39. The molecule has 2 rings (SSSR count). The lowest BCUT2D eigenvalue weighted by Crippen LogP contribution is -2.35. The zero-order chi connectivity index (χ0) is 12.6. The Balaban J connectivity index is 2.38. The van der Waals surface area contributed by atoms with Crippen LogP contribution in [-0.4, -0.2) is 21.4 Å².